The Balaban J connectivity index is 1.69. The van der Waals surface area contributed by atoms with E-state index in [1.807, 2.05) is 19.1 Å². The van der Waals surface area contributed by atoms with Gasteiger partial charge < -0.3 is 0 Å². The number of aryl methyl sites for hydroxylation is 1. The van der Waals surface area contributed by atoms with Crippen LogP contribution in [0.4, 0.5) is 5.69 Å². The second-order valence-corrected chi connectivity index (χ2v) is 10.8. The van der Waals surface area contributed by atoms with E-state index in [1.54, 1.807) is 48.2 Å². The number of anilines is 1. The maximum absolute atomic E-state index is 12.2. The van der Waals surface area contributed by atoms with E-state index >= 15 is 0 Å². The molecule has 0 aliphatic rings. The van der Waals surface area contributed by atoms with E-state index in [2.05, 4.69) is 9.44 Å². The van der Waals surface area contributed by atoms with Crippen LogP contribution in [0, 0.1) is 6.92 Å². The quantitative estimate of drug-likeness (QED) is 0.448. The molecule has 0 heterocycles. The van der Waals surface area contributed by atoms with Crippen molar-refractivity contribution in [2.45, 2.75) is 29.6 Å². The van der Waals surface area contributed by atoms with E-state index in [-0.39, 0.29) is 4.90 Å². The zero-order chi connectivity index (χ0) is 19.9. The first kappa shape index (κ1) is 21.7. The van der Waals surface area contributed by atoms with Crippen molar-refractivity contribution < 1.29 is 16.8 Å². The minimum absolute atomic E-state index is 0.283. The topological polar surface area (TPSA) is 92.3 Å². The summed E-state index contributed by atoms with van der Waals surface area (Å²) in [6.45, 7) is 2.31. The SMILES string of the molecule is Cc1ccc(S(=O)(=O)NCCCCSc2ccc(NS(C)(=O)=O)cc2)cc1. The molecule has 0 aliphatic heterocycles. The Morgan fingerprint density at radius 3 is 2.11 bits per heavy atom. The Morgan fingerprint density at radius 1 is 0.889 bits per heavy atom. The van der Waals surface area contributed by atoms with E-state index < -0.39 is 20.0 Å². The molecule has 148 valence electrons. The van der Waals surface area contributed by atoms with Crippen molar-refractivity contribution in [2.75, 3.05) is 23.3 Å². The van der Waals surface area contributed by atoms with Gasteiger partial charge in [0, 0.05) is 17.1 Å². The molecule has 0 fully saturated rings. The van der Waals surface area contributed by atoms with E-state index in [9.17, 15) is 16.8 Å². The van der Waals surface area contributed by atoms with Crippen LogP contribution in [0.3, 0.4) is 0 Å². The number of hydrogen-bond acceptors (Lipinski definition) is 5. The largest absolute Gasteiger partial charge is 0.284 e. The van der Waals surface area contributed by atoms with Crippen molar-refractivity contribution in [1.29, 1.82) is 0 Å². The number of sulfonamides is 2. The highest BCUT2D eigenvalue weighted by atomic mass is 32.2. The minimum atomic E-state index is -3.45. The van der Waals surface area contributed by atoms with Gasteiger partial charge in [-0.25, -0.2) is 21.6 Å². The third-order valence-corrected chi connectivity index (χ3v) is 6.80. The number of benzene rings is 2. The standard InChI is InChI=1S/C18H24N2O4S3/c1-15-5-11-18(12-6-15)27(23,24)19-13-3-4-14-25-17-9-7-16(8-10-17)20-26(2,21)22/h5-12,19-20H,3-4,13-14H2,1-2H3. The van der Waals surface area contributed by atoms with Gasteiger partial charge in [0.2, 0.25) is 20.0 Å². The fraction of sp³-hybridized carbons (Fsp3) is 0.333. The molecular weight excluding hydrogens is 404 g/mol. The predicted octanol–water partition coefficient (Wildman–Crippen LogP) is 3.22. The molecule has 9 heteroatoms. The summed E-state index contributed by atoms with van der Waals surface area (Å²) in [7, 11) is -6.71. The fourth-order valence-electron chi connectivity index (χ4n) is 2.26. The van der Waals surface area contributed by atoms with Gasteiger partial charge in [0.05, 0.1) is 11.2 Å². The molecule has 0 spiro atoms. The first-order chi connectivity index (χ1) is 12.7. The van der Waals surface area contributed by atoms with Gasteiger partial charge in [-0.05, 0) is 61.9 Å². The lowest BCUT2D eigenvalue weighted by Gasteiger charge is -2.07. The van der Waals surface area contributed by atoms with Gasteiger partial charge >= 0.3 is 0 Å². The number of rotatable bonds is 10. The average molecular weight is 429 g/mol. The Bertz CT molecular complexity index is 939. The summed E-state index contributed by atoms with van der Waals surface area (Å²) in [6.07, 6.45) is 2.72. The van der Waals surface area contributed by atoms with Gasteiger partial charge in [0.15, 0.2) is 0 Å². The van der Waals surface area contributed by atoms with E-state index in [1.165, 1.54) is 0 Å². The molecule has 27 heavy (non-hydrogen) atoms. The molecule has 0 saturated heterocycles. The van der Waals surface area contributed by atoms with E-state index in [4.69, 9.17) is 0 Å². The van der Waals surface area contributed by atoms with Gasteiger partial charge in [-0.1, -0.05) is 17.7 Å². The summed E-state index contributed by atoms with van der Waals surface area (Å²) in [5, 5.41) is 0. The van der Waals surface area contributed by atoms with Gasteiger partial charge in [0.25, 0.3) is 0 Å². The molecule has 6 nitrogen and oxygen atoms in total. The van der Waals surface area contributed by atoms with Gasteiger partial charge in [-0.2, -0.15) is 0 Å². The third-order valence-electron chi connectivity index (χ3n) is 3.62. The molecule has 2 N–H and O–H groups in total. The summed E-state index contributed by atoms with van der Waals surface area (Å²) in [5.41, 5.74) is 1.55. The number of thioether (sulfide) groups is 1. The predicted molar refractivity (Wildman–Crippen MR) is 111 cm³/mol. The van der Waals surface area contributed by atoms with Crippen LogP contribution in [0.25, 0.3) is 0 Å². The lowest BCUT2D eigenvalue weighted by molar-refractivity contribution is 0.578. The molecule has 0 saturated carbocycles. The molecule has 0 atom stereocenters. The summed E-state index contributed by atoms with van der Waals surface area (Å²) >= 11 is 1.65. The van der Waals surface area contributed by atoms with Crippen LogP contribution in [0.2, 0.25) is 0 Å². The van der Waals surface area contributed by atoms with Gasteiger partial charge in [0.1, 0.15) is 0 Å². The first-order valence-corrected chi connectivity index (χ1v) is 12.8. The van der Waals surface area contributed by atoms with Crippen LogP contribution in [0.5, 0.6) is 0 Å². The Kier molecular flexibility index (Phi) is 7.72. The molecule has 0 amide bonds. The zero-order valence-electron chi connectivity index (χ0n) is 15.3. The second-order valence-electron chi connectivity index (χ2n) is 6.17. The fourth-order valence-corrected chi connectivity index (χ4v) is 4.81. The van der Waals surface area contributed by atoms with E-state index in [0.29, 0.717) is 12.2 Å². The molecule has 0 aliphatic carbocycles. The Hall–Kier alpha value is -1.55. The maximum Gasteiger partial charge on any atom is 0.240 e. The molecule has 2 aromatic rings. The van der Waals surface area contributed by atoms with Crippen molar-refractivity contribution >= 4 is 37.5 Å². The summed E-state index contributed by atoms with van der Waals surface area (Å²) < 4.78 is 51.7. The Labute approximate surface area is 165 Å². The lowest BCUT2D eigenvalue weighted by Crippen LogP contribution is -2.24. The molecule has 0 bridgehead atoms. The van der Waals surface area contributed by atoms with Crippen molar-refractivity contribution in [3.05, 3.63) is 54.1 Å². The molecule has 0 unspecified atom stereocenters. The normalized spacial score (nSPS) is 12.1. The van der Waals surface area contributed by atoms with Crippen molar-refractivity contribution in [2.24, 2.45) is 0 Å². The van der Waals surface area contributed by atoms with Crippen LogP contribution in [-0.4, -0.2) is 35.4 Å². The van der Waals surface area contributed by atoms with Crippen LogP contribution in [0.1, 0.15) is 18.4 Å². The smallest absolute Gasteiger partial charge is 0.240 e. The number of unbranched alkanes of at least 4 members (excludes halogenated alkanes) is 1. The maximum atomic E-state index is 12.2. The highest BCUT2D eigenvalue weighted by Crippen LogP contribution is 2.21. The van der Waals surface area contributed by atoms with Crippen LogP contribution in [0.15, 0.2) is 58.3 Å². The number of nitrogens with one attached hydrogen (secondary N) is 2. The highest BCUT2D eigenvalue weighted by Gasteiger charge is 2.12. The van der Waals surface area contributed by atoms with Crippen molar-refractivity contribution in [1.82, 2.24) is 4.72 Å². The summed E-state index contributed by atoms with van der Waals surface area (Å²) in [4.78, 5) is 1.32. The minimum Gasteiger partial charge on any atom is -0.284 e. The van der Waals surface area contributed by atoms with Crippen LogP contribution >= 0.6 is 11.8 Å². The van der Waals surface area contributed by atoms with Crippen molar-refractivity contribution in [3.63, 3.8) is 0 Å². The summed E-state index contributed by atoms with van der Waals surface area (Å²) in [5.74, 6) is 0.852. The lowest BCUT2D eigenvalue weighted by atomic mass is 10.2. The third kappa shape index (κ3) is 7.92. The first-order valence-electron chi connectivity index (χ1n) is 8.43. The molecule has 0 radical (unpaired) electrons. The Morgan fingerprint density at radius 2 is 1.52 bits per heavy atom. The highest BCUT2D eigenvalue weighted by molar-refractivity contribution is 7.99. The van der Waals surface area contributed by atoms with Crippen LogP contribution in [-0.2, 0) is 20.0 Å². The number of hydrogen-bond donors (Lipinski definition) is 2. The van der Waals surface area contributed by atoms with E-state index in [0.717, 1.165) is 35.3 Å². The monoisotopic (exact) mass is 428 g/mol. The summed E-state index contributed by atoms with van der Waals surface area (Å²) in [6, 6.07) is 13.9. The second kappa shape index (κ2) is 9.59. The van der Waals surface area contributed by atoms with Gasteiger partial charge in [-0.15, -0.1) is 11.8 Å². The molecule has 0 aromatic heterocycles. The van der Waals surface area contributed by atoms with Crippen LogP contribution < -0.4 is 9.44 Å². The zero-order valence-corrected chi connectivity index (χ0v) is 17.8. The van der Waals surface area contributed by atoms with Crippen molar-refractivity contribution in [3.8, 4) is 0 Å². The molecule has 2 aromatic carbocycles. The molecule has 2 rings (SSSR count). The van der Waals surface area contributed by atoms with Gasteiger partial charge in [-0.3, -0.25) is 4.72 Å². The average Bonchev–Trinajstić information content (AvgIpc) is 2.58. The molecular formula is C18H24N2O4S3.